The van der Waals surface area contributed by atoms with E-state index in [4.69, 9.17) is 22.0 Å². The number of nitriles is 1. The van der Waals surface area contributed by atoms with Crippen molar-refractivity contribution in [3.05, 3.63) is 22.8 Å². The maximum Gasteiger partial charge on any atom is 0.130 e. The van der Waals surface area contributed by atoms with E-state index >= 15 is 0 Å². The van der Waals surface area contributed by atoms with Crippen LogP contribution in [0.3, 0.4) is 0 Å². The van der Waals surface area contributed by atoms with E-state index in [-0.39, 0.29) is 6.61 Å². The van der Waals surface area contributed by atoms with Gasteiger partial charge in [-0.2, -0.15) is 5.26 Å². The van der Waals surface area contributed by atoms with Crippen LogP contribution in [0.15, 0.2) is 17.2 Å². The molecule has 0 spiro atoms. The molecule has 1 aromatic rings. The van der Waals surface area contributed by atoms with Gasteiger partial charge in [0, 0.05) is 5.75 Å². The summed E-state index contributed by atoms with van der Waals surface area (Å²) in [6, 6.07) is 5.20. The first-order chi connectivity index (χ1) is 6.27. The predicted octanol–water partition coefficient (Wildman–Crippen LogP) is 1.69. The number of rotatable bonds is 3. The van der Waals surface area contributed by atoms with E-state index in [1.165, 1.54) is 11.8 Å². The lowest BCUT2D eigenvalue weighted by atomic mass is 10.3. The molecule has 1 heterocycles. The summed E-state index contributed by atoms with van der Waals surface area (Å²) in [6.45, 7) is 0.0593. The molecule has 0 saturated carbocycles. The third kappa shape index (κ3) is 2.88. The second-order valence-corrected chi connectivity index (χ2v) is 3.64. The molecule has 0 unspecified atom stereocenters. The number of aliphatic hydroxyl groups excluding tert-OH is 1. The van der Waals surface area contributed by atoms with Crippen LogP contribution < -0.4 is 0 Å². The lowest BCUT2D eigenvalue weighted by Gasteiger charge is -2.00. The number of halogens is 1. The molecule has 0 amide bonds. The van der Waals surface area contributed by atoms with E-state index in [9.17, 15) is 0 Å². The summed E-state index contributed by atoms with van der Waals surface area (Å²) < 4.78 is 0. The maximum absolute atomic E-state index is 8.70. The number of thioether (sulfide) groups is 1. The predicted molar refractivity (Wildman–Crippen MR) is 51.8 cm³/mol. The van der Waals surface area contributed by atoms with Gasteiger partial charge in [-0.3, -0.25) is 0 Å². The van der Waals surface area contributed by atoms with Gasteiger partial charge in [-0.1, -0.05) is 11.6 Å². The van der Waals surface area contributed by atoms with Crippen LogP contribution in [-0.4, -0.2) is 22.5 Å². The normalized spacial score (nSPS) is 9.62. The van der Waals surface area contributed by atoms with Crippen molar-refractivity contribution in [2.24, 2.45) is 0 Å². The SMILES string of the molecule is N#Cc1ccc(Cl)nc1SCCO. The minimum absolute atomic E-state index is 0.0593. The quantitative estimate of drug-likeness (QED) is 0.615. The van der Waals surface area contributed by atoms with Crippen LogP contribution in [0.5, 0.6) is 0 Å². The molecule has 3 nitrogen and oxygen atoms in total. The van der Waals surface area contributed by atoms with Gasteiger partial charge in [0.2, 0.25) is 0 Å². The van der Waals surface area contributed by atoms with Gasteiger partial charge in [0.25, 0.3) is 0 Å². The Morgan fingerprint density at radius 2 is 2.38 bits per heavy atom. The molecule has 1 N–H and O–H groups in total. The summed E-state index contributed by atoms with van der Waals surface area (Å²) >= 11 is 6.97. The Labute approximate surface area is 85.4 Å². The van der Waals surface area contributed by atoms with E-state index in [2.05, 4.69) is 4.98 Å². The zero-order valence-electron chi connectivity index (χ0n) is 6.70. The fourth-order valence-corrected chi connectivity index (χ4v) is 1.67. The highest BCUT2D eigenvalue weighted by Crippen LogP contribution is 2.21. The lowest BCUT2D eigenvalue weighted by Crippen LogP contribution is -1.91. The highest BCUT2D eigenvalue weighted by atomic mass is 35.5. The summed E-state index contributed by atoms with van der Waals surface area (Å²) in [6.07, 6.45) is 0. The molecule has 0 fully saturated rings. The third-order valence-electron chi connectivity index (χ3n) is 1.28. The molecule has 68 valence electrons. The van der Waals surface area contributed by atoms with E-state index in [0.29, 0.717) is 21.5 Å². The summed E-state index contributed by atoms with van der Waals surface area (Å²) in [4.78, 5) is 3.98. The maximum atomic E-state index is 8.70. The standard InChI is InChI=1S/C8H7ClN2OS/c9-7-2-1-6(5-10)8(11-7)13-4-3-12/h1-2,12H,3-4H2. The van der Waals surface area contributed by atoms with Gasteiger partial charge in [0.15, 0.2) is 0 Å². The van der Waals surface area contributed by atoms with Crippen molar-refractivity contribution in [2.75, 3.05) is 12.4 Å². The van der Waals surface area contributed by atoms with Crippen molar-refractivity contribution in [2.45, 2.75) is 5.03 Å². The first-order valence-electron chi connectivity index (χ1n) is 3.58. The van der Waals surface area contributed by atoms with Gasteiger partial charge in [-0.25, -0.2) is 4.98 Å². The van der Waals surface area contributed by atoms with Crippen molar-refractivity contribution in [3.63, 3.8) is 0 Å². The minimum atomic E-state index is 0.0593. The summed E-state index contributed by atoms with van der Waals surface area (Å²) in [7, 11) is 0. The zero-order chi connectivity index (χ0) is 9.68. The number of hydrogen-bond donors (Lipinski definition) is 1. The topological polar surface area (TPSA) is 56.9 Å². The second kappa shape index (κ2) is 5.07. The Morgan fingerprint density at radius 1 is 1.62 bits per heavy atom. The largest absolute Gasteiger partial charge is 0.396 e. The van der Waals surface area contributed by atoms with Crippen molar-refractivity contribution in [3.8, 4) is 6.07 Å². The van der Waals surface area contributed by atoms with Gasteiger partial charge < -0.3 is 5.11 Å². The Morgan fingerprint density at radius 3 is 3.00 bits per heavy atom. The Balaban J connectivity index is 2.89. The molecule has 0 radical (unpaired) electrons. The van der Waals surface area contributed by atoms with E-state index < -0.39 is 0 Å². The number of pyridine rings is 1. The van der Waals surface area contributed by atoms with Gasteiger partial charge in [0.05, 0.1) is 12.2 Å². The monoisotopic (exact) mass is 214 g/mol. The van der Waals surface area contributed by atoms with Gasteiger partial charge >= 0.3 is 0 Å². The van der Waals surface area contributed by atoms with Crippen molar-refractivity contribution in [1.29, 1.82) is 5.26 Å². The Hall–Kier alpha value is -0.760. The molecule has 13 heavy (non-hydrogen) atoms. The van der Waals surface area contributed by atoms with Gasteiger partial charge in [-0.05, 0) is 12.1 Å². The smallest absolute Gasteiger partial charge is 0.130 e. The minimum Gasteiger partial charge on any atom is -0.396 e. The zero-order valence-corrected chi connectivity index (χ0v) is 8.27. The molecule has 5 heteroatoms. The van der Waals surface area contributed by atoms with Crippen molar-refractivity contribution in [1.82, 2.24) is 4.98 Å². The van der Waals surface area contributed by atoms with Crippen LogP contribution in [0, 0.1) is 11.3 Å². The number of nitrogens with zero attached hydrogens (tertiary/aromatic N) is 2. The van der Waals surface area contributed by atoms with Crippen LogP contribution in [0.1, 0.15) is 5.56 Å². The van der Waals surface area contributed by atoms with Crippen molar-refractivity contribution < 1.29 is 5.11 Å². The Kier molecular flexibility index (Phi) is 4.03. The molecule has 1 rings (SSSR count). The molecule has 0 atom stereocenters. The van der Waals surface area contributed by atoms with Crippen molar-refractivity contribution >= 4 is 23.4 Å². The highest BCUT2D eigenvalue weighted by Gasteiger charge is 2.04. The molecule has 0 aliphatic rings. The molecule has 0 aromatic carbocycles. The Bertz CT molecular complexity index is 337. The summed E-state index contributed by atoms with van der Waals surface area (Å²) in [5.74, 6) is 0.516. The number of aromatic nitrogens is 1. The summed E-state index contributed by atoms with van der Waals surface area (Å²) in [5.41, 5.74) is 0.489. The highest BCUT2D eigenvalue weighted by molar-refractivity contribution is 7.99. The fourth-order valence-electron chi connectivity index (χ4n) is 0.755. The molecule has 1 aromatic heterocycles. The van der Waals surface area contributed by atoms with Crippen LogP contribution in [0.4, 0.5) is 0 Å². The van der Waals surface area contributed by atoms with Gasteiger partial charge in [-0.15, -0.1) is 11.8 Å². The average molecular weight is 215 g/mol. The summed E-state index contributed by atoms with van der Waals surface area (Å²) in [5, 5.41) is 18.2. The molecule has 0 saturated heterocycles. The third-order valence-corrected chi connectivity index (χ3v) is 2.46. The first kappa shape index (κ1) is 10.3. The lowest BCUT2D eigenvalue weighted by molar-refractivity contribution is 0.322. The van der Waals surface area contributed by atoms with Crippen LogP contribution in [-0.2, 0) is 0 Å². The van der Waals surface area contributed by atoms with Crippen LogP contribution in [0.2, 0.25) is 5.15 Å². The molecule has 0 bridgehead atoms. The van der Waals surface area contributed by atoms with E-state index in [1.54, 1.807) is 12.1 Å². The molecular formula is C8H7ClN2OS. The fraction of sp³-hybridized carbons (Fsp3) is 0.250. The van der Waals surface area contributed by atoms with Crippen LogP contribution in [0.25, 0.3) is 0 Å². The first-order valence-corrected chi connectivity index (χ1v) is 4.94. The van der Waals surface area contributed by atoms with Gasteiger partial charge in [0.1, 0.15) is 16.2 Å². The average Bonchev–Trinajstić information content (AvgIpc) is 2.15. The molecule has 0 aliphatic heterocycles. The van der Waals surface area contributed by atoms with Crippen LogP contribution >= 0.6 is 23.4 Å². The molecule has 0 aliphatic carbocycles. The van der Waals surface area contributed by atoms with E-state index in [1.807, 2.05) is 6.07 Å². The number of hydrogen-bond acceptors (Lipinski definition) is 4. The number of aliphatic hydroxyl groups is 1. The van der Waals surface area contributed by atoms with E-state index in [0.717, 1.165) is 0 Å². The second-order valence-electron chi connectivity index (χ2n) is 2.17. The molecular weight excluding hydrogens is 208 g/mol.